The minimum Gasteiger partial charge on any atom is -0.438 e. The number of fused-ring (bicyclic) bond motifs is 3. The molecule has 1 N–H and O–H groups in total. The summed E-state index contributed by atoms with van der Waals surface area (Å²) in [7, 11) is 0. The van der Waals surface area contributed by atoms with Crippen LogP contribution in [0.1, 0.15) is 36.0 Å². The van der Waals surface area contributed by atoms with Crippen molar-refractivity contribution < 1.29 is 14.3 Å². The Morgan fingerprint density at radius 2 is 1.94 bits per heavy atom. The standard InChI is InChI=1S/C23H26N4O3S/c1-15(28)24-16-6-8-17(9-7-16)30-22-21-18-4-2-3-5-19(18)31-23(21)26-20(25-22)14-27-10-12-29-13-11-27/h6-9H,2-5,10-14H2,1H3,(H,24,28). The number of amides is 1. The van der Waals surface area contributed by atoms with Crippen LogP contribution in [0, 0.1) is 0 Å². The number of rotatable bonds is 5. The number of aromatic nitrogens is 2. The van der Waals surface area contributed by atoms with E-state index in [-0.39, 0.29) is 5.91 Å². The molecule has 31 heavy (non-hydrogen) atoms. The first-order chi connectivity index (χ1) is 15.2. The van der Waals surface area contributed by atoms with Gasteiger partial charge in [0.2, 0.25) is 11.8 Å². The number of aryl methyl sites for hydroxylation is 2. The molecule has 0 saturated carbocycles. The fourth-order valence-corrected chi connectivity index (χ4v) is 5.46. The predicted molar refractivity (Wildman–Crippen MR) is 121 cm³/mol. The van der Waals surface area contributed by atoms with Crippen molar-refractivity contribution in [2.45, 2.75) is 39.2 Å². The quantitative estimate of drug-likeness (QED) is 0.645. The van der Waals surface area contributed by atoms with Crippen LogP contribution >= 0.6 is 11.3 Å². The molecule has 7 nitrogen and oxygen atoms in total. The maximum Gasteiger partial charge on any atom is 0.231 e. The molecule has 1 fully saturated rings. The second-order valence-electron chi connectivity index (χ2n) is 8.03. The van der Waals surface area contributed by atoms with Gasteiger partial charge in [0.25, 0.3) is 0 Å². The number of carbonyl (C=O) groups excluding carboxylic acids is 1. The highest BCUT2D eigenvalue weighted by Crippen LogP contribution is 2.40. The van der Waals surface area contributed by atoms with Crippen LogP contribution in [-0.4, -0.2) is 47.1 Å². The Morgan fingerprint density at radius 3 is 2.71 bits per heavy atom. The summed E-state index contributed by atoms with van der Waals surface area (Å²) in [5, 5.41) is 3.85. The number of nitrogens with zero attached hydrogens (tertiary/aromatic N) is 3. The summed E-state index contributed by atoms with van der Waals surface area (Å²) < 4.78 is 11.8. The number of morpholine rings is 1. The van der Waals surface area contributed by atoms with E-state index in [2.05, 4.69) is 10.2 Å². The maximum absolute atomic E-state index is 11.3. The van der Waals surface area contributed by atoms with Crippen LogP contribution in [0.2, 0.25) is 0 Å². The van der Waals surface area contributed by atoms with Crippen molar-refractivity contribution in [3.8, 4) is 11.6 Å². The number of carbonyl (C=O) groups is 1. The van der Waals surface area contributed by atoms with Crippen molar-refractivity contribution in [2.75, 3.05) is 31.6 Å². The maximum atomic E-state index is 11.3. The molecule has 0 atom stereocenters. The summed E-state index contributed by atoms with van der Waals surface area (Å²) >= 11 is 1.79. The Balaban J connectivity index is 1.49. The number of hydrogen-bond donors (Lipinski definition) is 1. The van der Waals surface area contributed by atoms with Gasteiger partial charge in [0.05, 0.1) is 25.1 Å². The van der Waals surface area contributed by atoms with Crippen LogP contribution in [0.4, 0.5) is 5.69 Å². The van der Waals surface area contributed by atoms with Crippen molar-refractivity contribution in [1.82, 2.24) is 14.9 Å². The summed E-state index contributed by atoms with van der Waals surface area (Å²) in [4.78, 5) is 25.8. The molecule has 1 saturated heterocycles. The molecule has 0 radical (unpaired) electrons. The molecule has 1 aromatic carbocycles. The topological polar surface area (TPSA) is 76.6 Å². The van der Waals surface area contributed by atoms with E-state index >= 15 is 0 Å². The summed E-state index contributed by atoms with van der Waals surface area (Å²) in [6.45, 7) is 5.48. The van der Waals surface area contributed by atoms with Gasteiger partial charge < -0.3 is 14.8 Å². The van der Waals surface area contributed by atoms with Crippen molar-refractivity contribution in [3.63, 3.8) is 0 Å². The van der Waals surface area contributed by atoms with Gasteiger partial charge in [-0.15, -0.1) is 11.3 Å². The number of nitrogens with one attached hydrogen (secondary N) is 1. The SMILES string of the molecule is CC(=O)Nc1ccc(Oc2nc(CN3CCOCC3)nc3sc4c(c23)CCCC4)cc1. The highest BCUT2D eigenvalue weighted by Gasteiger charge is 2.23. The fraction of sp³-hybridized carbons (Fsp3) is 0.435. The second-order valence-corrected chi connectivity index (χ2v) is 9.12. The highest BCUT2D eigenvalue weighted by molar-refractivity contribution is 7.18. The average Bonchev–Trinajstić information content (AvgIpc) is 3.14. The Labute approximate surface area is 185 Å². The summed E-state index contributed by atoms with van der Waals surface area (Å²) in [5.41, 5.74) is 2.10. The largest absolute Gasteiger partial charge is 0.438 e. The Morgan fingerprint density at radius 1 is 1.16 bits per heavy atom. The second kappa shape index (κ2) is 8.90. The molecule has 3 heterocycles. The van der Waals surface area contributed by atoms with E-state index in [1.54, 1.807) is 11.3 Å². The lowest BCUT2D eigenvalue weighted by Crippen LogP contribution is -2.36. The van der Waals surface area contributed by atoms with Crippen LogP contribution in [0.15, 0.2) is 24.3 Å². The van der Waals surface area contributed by atoms with E-state index in [1.807, 2.05) is 24.3 Å². The van der Waals surface area contributed by atoms with Crippen molar-refractivity contribution in [3.05, 3.63) is 40.5 Å². The lowest BCUT2D eigenvalue weighted by molar-refractivity contribution is -0.114. The monoisotopic (exact) mass is 438 g/mol. The predicted octanol–water partition coefficient (Wildman–Crippen LogP) is 4.15. The minimum atomic E-state index is -0.0937. The van der Waals surface area contributed by atoms with Crippen molar-refractivity contribution in [1.29, 1.82) is 0 Å². The van der Waals surface area contributed by atoms with E-state index in [9.17, 15) is 4.79 Å². The zero-order valence-corrected chi connectivity index (χ0v) is 18.5. The molecule has 0 spiro atoms. The van der Waals surface area contributed by atoms with E-state index < -0.39 is 0 Å². The Bertz CT molecular complexity index is 1090. The first kappa shape index (κ1) is 20.4. The van der Waals surface area contributed by atoms with Crippen LogP contribution in [0.3, 0.4) is 0 Å². The molecule has 1 aliphatic carbocycles. The molecule has 5 rings (SSSR count). The third kappa shape index (κ3) is 4.56. The van der Waals surface area contributed by atoms with Gasteiger partial charge in [-0.05, 0) is 55.5 Å². The molecule has 1 aliphatic heterocycles. The Hall–Kier alpha value is -2.55. The molecule has 3 aromatic rings. The lowest BCUT2D eigenvalue weighted by atomic mass is 9.97. The number of anilines is 1. The summed E-state index contributed by atoms with van der Waals surface area (Å²) in [6.07, 6.45) is 4.59. The zero-order valence-electron chi connectivity index (χ0n) is 17.6. The van der Waals surface area contributed by atoms with Crippen LogP contribution in [0.25, 0.3) is 10.2 Å². The summed E-state index contributed by atoms with van der Waals surface area (Å²) in [6, 6.07) is 7.40. The fourth-order valence-electron chi connectivity index (χ4n) is 4.19. The highest BCUT2D eigenvalue weighted by atomic mass is 32.1. The lowest BCUT2D eigenvalue weighted by Gasteiger charge is -2.25. The third-order valence-electron chi connectivity index (χ3n) is 5.69. The van der Waals surface area contributed by atoms with Gasteiger partial charge in [0.1, 0.15) is 16.4 Å². The van der Waals surface area contributed by atoms with E-state index in [4.69, 9.17) is 19.4 Å². The van der Waals surface area contributed by atoms with Gasteiger partial charge >= 0.3 is 0 Å². The molecular formula is C23H26N4O3S. The number of benzene rings is 1. The first-order valence-electron chi connectivity index (χ1n) is 10.8. The smallest absolute Gasteiger partial charge is 0.231 e. The molecule has 162 valence electrons. The van der Waals surface area contributed by atoms with Crippen molar-refractivity contribution >= 4 is 33.1 Å². The van der Waals surface area contributed by atoms with E-state index in [0.717, 1.165) is 60.9 Å². The Kier molecular flexibility index (Phi) is 5.85. The van der Waals surface area contributed by atoms with Gasteiger partial charge in [0, 0.05) is 30.6 Å². The van der Waals surface area contributed by atoms with Crippen LogP contribution in [0.5, 0.6) is 11.6 Å². The molecule has 0 bridgehead atoms. The average molecular weight is 439 g/mol. The van der Waals surface area contributed by atoms with Crippen molar-refractivity contribution in [2.24, 2.45) is 0 Å². The molecule has 2 aliphatic rings. The molecule has 8 heteroatoms. The van der Waals surface area contributed by atoms with Crippen LogP contribution in [-0.2, 0) is 28.9 Å². The normalized spacial score (nSPS) is 16.8. The van der Waals surface area contributed by atoms with Gasteiger partial charge in [-0.25, -0.2) is 4.98 Å². The first-order valence-corrected chi connectivity index (χ1v) is 11.6. The third-order valence-corrected chi connectivity index (χ3v) is 6.87. The van der Waals surface area contributed by atoms with E-state index in [0.29, 0.717) is 18.2 Å². The number of hydrogen-bond acceptors (Lipinski definition) is 7. The minimum absolute atomic E-state index is 0.0937. The van der Waals surface area contributed by atoms with Gasteiger partial charge in [-0.1, -0.05) is 0 Å². The molecule has 0 unspecified atom stereocenters. The van der Waals surface area contributed by atoms with Gasteiger partial charge in [0.15, 0.2) is 0 Å². The molecule has 2 aromatic heterocycles. The molecule has 1 amide bonds. The van der Waals surface area contributed by atoms with Gasteiger partial charge in [-0.2, -0.15) is 4.98 Å². The summed E-state index contributed by atoms with van der Waals surface area (Å²) in [5.74, 6) is 2.03. The molecular weight excluding hydrogens is 412 g/mol. The van der Waals surface area contributed by atoms with Crippen LogP contribution < -0.4 is 10.1 Å². The number of thiophene rings is 1. The van der Waals surface area contributed by atoms with Gasteiger partial charge in [-0.3, -0.25) is 9.69 Å². The van der Waals surface area contributed by atoms with E-state index in [1.165, 1.54) is 30.2 Å². The number of ether oxygens (including phenoxy) is 2. The zero-order chi connectivity index (χ0) is 21.2.